The average Bonchev–Trinajstić information content (AvgIpc) is 3.49. The van der Waals surface area contributed by atoms with Gasteiger partial charge in [0.2, 0.25) is 5.91 Å². The number of alkyl halides is 3. The predicted octanol–water partition coefficient (Wildman–Crippen LogP) is 4.64. The number of benzene rings is 2. The van der Waals surface area contributed by atoms with Crippen molar-refractivity contribution < 1.29 is 37.0 Å². The first-order chi connectivity index (χ1) is 17.2. The van der Waals surface area contributed by atoms with Gasteiger partial charge in [0.15, 0.2) is 0 Å². The zero-order valence-corrected chi connectivity index (χ0v) is 19.4. The quantitative estimate of drug-likeness (QED) is 0.463. The third kappa shape index (κ3) is 6.45. The lowest BCUT2D eigenvalue weighted by molar-refractivity contribution is -0.137. The van der Waals surface area contributed by atoms with Crippen LogP contribution in [0.4, 0.5) is 22.8 Å². The Morgan fingerprint density at radius 2 is 1.92 bits per heavy atom. The Morgan fingerprint density at radius 3 is 2.56 bits per heavy atom. The molecule has 1 aliphatic heterocycles. The normalized spacial score (nSPS) is 16.5. The molecule has 2 heterocycles. The summed E-state index contributed by atoms with van der Waals surface area (Å²) in [7, 11) is 0. The highest BCUT2D eigenvalue weighted by Crippen LogP contribution is 2.32. The van der Waals surface area contributed by atoms with Crippen LogP contribution in [0.25, 0.3) is 0 Å². The fourth-order valence-electron chi connectivity index (χ4n) is 3.48. The SMILES string of the molecule is O=C1NC(=O)C(Cc2ccc(OCC(COC(=O)n3ccnc3)c3cccc(C(F)(F)F)c3)cc2)S1. The second-order valence-corrected chi connectivity index (χ2v) is 9.08. The Labute approximate surface area is 207 Å². The second kappa shape index (κ2) is 10.9. The molecule has 1 N–H and O–H groups in total. The molecule has 36 heavy (non-hydrogen) atoms. The number of imide groups is 1. The van der Waals surface area contributed by atoms with Crippen molar-refractivity contribution in [3.05, 3.63) is 83.9 Å². The number of carbonyl (C=O) groups is 3. The van der Waals surface area contributed by atoms with E-state index >= 15 is 0 Å². The second-order valence-electron chi connectivity index (χ2n) is 7.91. The molecule has 2 unspecified atom stereocenters. The molecule has 2 aromatic carbocycles. The van der Waals surface area contributed by atoms with E-state index in [1.54, 1.807) is 24.3 Å². The smallest absolute Gasteiger partial charge is 0.419 e. The first kappa shape index (κ1) is 25.3. The topological polar surface area (TPSA) is 99.5 Å². The lowest BCUT2D eigenvalue weighted by Gasteiger charge is -2.20. The van der Waals surface area contributed by atoms with Crippen LogP contribution in [0.1, 0.15) is 22.6 Å². The average molecular weight is 520 g/mol. The zero-order valence-electron chi connectivity index (χ0n) is 18.6. The summed E-state index contributed by atoms with van der Waals surface area (Å²) in [5, 5.41) is 1.36. The van der Waals surface area contributed by atoms with Crippen molar-refractivity contribution in [2.24, 2.45) is 0 Å². The van der Waals surface area contributed by atoms with Crippen LogP contribution in [-0.4, -0.2) is 45.3 Å². The van der Waals surface area contributed by atoms with E-state index in [9.17, 15) is 27.6 Å². The van der Waals surface area contributed by atoms with Crippen LogP contribution >= 0.6 is 11.8 Å². The number of imidazole rings is 1. The monoisotopic (exact) mass is 519 g/mol. The summed E-state index contributed by atoms with van der Waals surface area (Å²) < 4.78 is 51.9. The van der Waals surface area contributed by atoms with Gasteiger partial charge in [0.05, 0.1) is 23.3 Å². The van der Waals surface area contributed by atoms with Crippen LogP contribution in [0.2, 0.25) is 0 Å². The molecule has 1 aliphatic rings. The van der Waals surface area contributed by atoms with E-state index in [4.69, 9.17) is 9.47 Å². The van der Waals surface area contributed by atoms with Crippen molar-refractivity contribution in [2.45, 2.75) is 23.8 Å². The van der Waals surface area contributed by atoms with E-state index in [1.807, 2.05) is 0 Å². The summed E-state index contributed by atoms with van der Waals surface area (Å²) in [4.78, 5) is 39.0. The molecular weight excluding hydrogens is 499 g/mol. The van der Waals surface area contributed by atoms with Crippen LogP contribution in [0.5, 0.6) is 5.75 Å². The number of carbonyl (C=O) groups excluding carboxylic acids is 3. The largest absolute Gasteiger partial charge is 0.493 e. The van der Waals surface area contributed by atoms with E-state index in [0.29, 0.717) is 17.7 Å². The highest BCUT2D eigenvalue weighted by Gasteiger charge is 2.32. The molecule has 8 nitrogen and oxygen atoms in total. The maximum atomic E-state index is 13.2. The van der Waals surface area contributed by atoms with Gasteiger partial charge in [-0.3, -0.25) is 14.9 Å². The molecule has 4 rings (SSSR count). The molecule has 1 aromatic heterocycles. The van der Waals surface area contributed by atoms with Crippen LogP contribution < -0.4 is 10.1 Å². The van der Waals surface area contributed by atoms with Crippen molar-refractivity contribution in [3.8, 4) is 5.75 Å². The number of rotatable bonds is 8. The number of thioether (sulfide) groups is 1. The maximum Gasteiger partial charge on any atom is 0.419 e. The number of amides is 2. The van der Waals surface area contributed by atoms with Crippen molar-refractivity contribution in [1.29, 1.82) is 0 Å². The van der Waals surface area contributed by atoms with Crippen LogP contribution in [0, 0.1) is 0 Å². The minimum Gasteiger partial charge on any atom is -0.493 e. The molecule has 1 saturated heterocycles. The van der Waals surface area contributed by atoms with Gasteiger partial charge in [-0.1, -0.05) is 42.1 Å². The Hall–Kier alpha value is -3.80. The highest BCUT2D eigenvalue weighted by atomic mass is 32.2. The van der Waals surface area contributed by atoms with Gasteiger partial charge in [-0.15, -0.1) is 0 Å². The Morgan fingerprint density at radius 1 is 1.14 bits per heavy atom. The third-order valence-corrected chi connectivity index (χ3v) is 6.35. The fraction of sp³-hybridized carbons (Fsp3) is 0.250. The number of nitrogens with one attached hydrogen (secondary N) is 1. The van der Waals surface area contributed by atoms with Crippen molar-refractivity contribution in [2.75, 3.05) is 13.2 Å². The summed E-state index contributed by atoms with van der Waals surface area (Å²) in [6, 6.07) is 11.6. The fourth-order valence-corrected chi connectivity index (χ4v) is 4.34. The van der Waals surface area contributed by atoms with Gasteiger partial charge in [0, 0.05) is 12.4 Å². The highest BCUT2D eigenvalue weighted by molar-refractivity contribution is 8.15. The lowest BCUT2D eigenvalue weighted by Crippen LogP contribution is -2.25. The van der Waals surface area contributed by atoms with Gasteiger partial charge in [-0.05, 0) is 35.7 Å². The molecule has 2 atom stereocenters. The number of nitrogens with zero attached hydrogens (tertiary/aromatic N) is 2. The maximum absolute atomic E-state index is 13.2. The van der Waals surface area contributed by atoms with Gasteiger partial charge >= 0.3 is 12.3 Å². The van der Waals surface area contributed by atoms with E-state index in [2.05, 4.69) is 10.3 Å². The molecule has 0 saturated carbocycles. The van der Waals surface area contributed by atoms with Gasteiger partial charge in [-0.2, -0.15) is 13.2 Å². The van der Waals surface area contributed by atoms with Crippen LogP contribution in [0.3, 0.4) is 0 Å². The van der Waals surface area contributed by atoms with E-state index in [-0.39, 0.29) is 24.4 Å². The standard InChI is InChI=1S/C24H20F3N3O5S/c25-24(26,27)18-3-1-2-16(11-18)17(13-35-23(33)30-9-8-28-14-30)12-34-19-6-4-15(5-7-19)10-20-21(31)29-22(32)36-20/h1-9,11,14,17,20H,10,12-13H2,(H,29,31,32). The minimum absolute atomic E-state index is 0.0623. The molecule has 0 bridgehead atoms. The molecule has 1 fully saturated rings. The number of ether oxygens (including phenoxy) is 2. The first-order valence-electron chi connectivity index (χ1n) is 10.7. The van der Waals surface area contributed by atoms with Crippen molar-refractivity contribution in [1.82, 2.24) is 14.9 Å². The van der Waals surface area contributed by atoms with Gasteiger partial charge in [-0.25, -0.2) is 14.3 Å². The van der Waals surface area contributed by atoms with E-state index in [1.165, 1.54) is 30.9 Å². The minimum atomic E-state index is -4.52. The molecule has 0 aliphatic carbocycles. The van der Waals surface area contributed by atoms with E-state index < -0.39 is 29.0 Å². The zero-order chi connectivity index (χ0) is 25.7. The van der Waals surface area contributed by atoms with Gasteiger partial charge in [0.25, 0.3) is 5.24 Å². The number of hydrogen-bond donors (Lipinski definition) is 1. The molecule has 188 valence electrons. The summed E-state index contributed by atoms with van der Waals surface area (Å²) in [5.74, 6) is -0.584. The van der Waals surface area contributed by atoms with Gasteiger partial charge in [0.1, 0.15) is 18.7 Å². The first-order valence-corrected chi connectivity index (χ1v) is 11.6. The molecule has 12 heteroatoms. The number of halogens is 3. The van der Waals surface area contributed by atoms with Crippen LogP contribution in [-0.2, 0) is 22.1 Å². The summed E-state index contributed by atoms with van der Waals surface area (Å²) >= 11 is 0.936. The molecule has 3 aromatic rings. The summed E-state index contributed by atoms with van der Waals surface area (Å²) in [6.07, 6.45) is -0.842. The summed E-state index contributed by atoms with van der Waals surface area (Å²) in [5.41, 5.74) is 0.296. The Bertz CT molecular complexity index is 1230. The number of hydrogen-bond acceptors (Lipinski definition) is 7. The molecule has 0 radical (unpaired) electrons. The van der Waals surface area contributed by atoms with Crippen molar-refractivity contribution in [3.63, 3.8) is 0 Å². The molecular formula is C24H20F3N3O5S. The van der Waals surface area contributed by atoms with E-state index in [0.717, 1.165) is 34.0 Å². The number of aromatic nitrogens is 2. The predicted molar refractivity (Wildman–Crippen MR) is 124 cm³/mol. The van der Waals surface area contributed by atoms with Crippen LogP contribution in [0.15, 0.2) is 67.3 Å². The third-order valence-electron chi connectivity index (χ3n) is 5.37. The van der Waals surface area contributed by atoms with Crippen molar-refractivity contribution >= 4 is 29.0 Å². The van der Waals surface area contributed by atoms with Gasteiger partial charge < -0.3 is 9.47 Å². The molecule has 2 amide bonds. The summed E-state index contributed by atoms with van der Waals surface area (Å²) in [6.45, 7) is -0.286. The Balaban J connectivity index is 1.43. The molecule has 0 spiro atoms. The Kier molecular flexibility index (Phi) is 7.63. The lowest BCUT2D eigenvalue weighted by atomic mass is 9.98.